The highest BCUT2D eigenvalue weighted by molar-refractivity contribution is 5.60. The van der Waals surface area contributed by atoms with Crippen molar-refractivity contribution in [1.29, 1.82) is 0 Å². The summed E-state index contributed by atoms with van der Waals surface area (Å²) in [6.07, 6.45) is 0.180. The summed E-state index contributed by atoms with van der Waals surface area (Å²) in [5.41, 5.74) is 0. The molecule has 0 amide bonds. The second kappa shape index (κ2) is 2.85. The summed E-state index contributed by atoms with van der Waals surface area (Å²) in [6.45, 7) is 0.986. The number of nitrogens with zero attached hydrogens (tertiary/aromatic N) is 1. The third kappa shape index (κ3) is 1.74. The van der Waals surface area contributed by atoms with Gasteiger partial charge in [0.25, 0.3) is 0 Å². The van der Waals surface area contributed by atoms with Crippen molar-refractivity contribution in [1.82, 2.24) is 4.90 Å². The zero-order valence-corrected chi connectivity index (χ0v) is 6.39. The molecule has 0 aliphatic carbocycles. The van der Waals surface area contributed by atoms with Gasteiger partial charge in [0.15, 0.2) is 6.29 Å². The number of halogens is 2. The van der Waals surface area contributed by atoms with Crippen LogP contribution in [-0.2, 0) is 4.79 Å². The van der Waals surface area contributed by atoms with E-state index in [1.165, 1.54) is 0 Å². The van der Waals surface area contributed by atoms with Crippen molar-refractivity contribution in [2.45, 2.75) is 12.3 Å². The van der Waals surface area contributed by atoms with Crippen LogP contribution in [-0.4, -0.2) is 37.2 Å². The first-order valence-electron chi connectivity index (χ1n) is 3.59. The topological polar surface area (TPSA) is 20.3 Å². The lowest BCUT2D eigenvalue weighted by atomic mass is 10.0. The molecule has 2 nitrogen and oxygen atoms in total. The Balaban J connectivity index is 2.55. The molecule has 1 aliphatic rings. The minimum Gasteiger partial charge on any atom is -0.306 e. The molecule has 0 bridgehead atoms. The second-order valence-corrected chi connectivity index (χ2v) is 3.04. The largest absolute Gasteiger partial charge is 0.306 e. The summed E-state index contributed by atoms with van der Waals surface area (Å²) < 4.78 is 25.3. The normalized spacial score (nSPS) is 27.4. The molecule has 1 fully saturated rings. The molecule has 1 unspecified atom stereocenters. The molecule has 0 radical (unpaired) electrons. The summed E-state index contributed by atoms with van der Waals surface area (Å²) >= 11 is 0. The van der Waals surface area contributed by atoms with Gasteiger partial charge in [0.05, 0.1) is 0 Å². The molecule has 11 heavy (non-hydrogen) atoms. The molecule has 0 spiro atoms. The van der Waals surface area contributed by atoms with Crippen LogP contribution in [0.1, 0.15) is 6.42 Å². The summed E-state index contributed by atoms with van der Waals surface area (Å²) in [5.74, 6) is -3.89. The standard InChI is InChI=1S/C7H11F2NO/c1-10-3-2-6(4-10)7(8,9)5-11/h5-6H,2-4H2,1H3. The van der Waals surface area contributed by atoms with E-state index in [-0.39, 0.29) is 6.29 Å². The molecule has 1 saturated heterocycles. The van der Waals surface area contributed by atoms with Crippen LogP contribution in [0.4, 0.5) is 8.78 Å². The number of hydrogen-bond donors (Lipinski definition) is 0. The zero-order valence-electron chi connectivity index (χ0n) is 6.39. The van der Waals surface area contributed by atoms with Crippen LogP contribution in [0.15, 0.2) is 0 Å². The van der Waals surface area contributed by atoms with Crippen molar-refractivity contribution in [2.24, 2.45) is 5.92 Å². The van der Waals surface area contributed by atoms with E-state index >= 15 is 0 Å². The average Bonchev–Trinajstić information content (AvgIpc) is 2.36. The summed E-state index contributed by atoms with van der Waals surface area (Å²) in [7, 11) is 1.78. The number of carbonyl (C=O) groups is 1. The fraction of sp³-hybridized carbons (Fsp3) is 0.857. The minimum atomic E-state index is -3.12. The molecule has 1 atom stereocenters. The Hall–Kier alpha value is -0.510. The lowest BCUT2D eigenvalue weighted by Gasteiger charge is -2.16. The molecule has 0 N–H and O–H groups in total. The highest BCUT2D eigenvalue weighted by atomic mass is 19.3. The molecule has 1 heterocycles. The molecule has 4 heteroatoms. The van der Waals surface area contributed by atoms with Crippen molar-refractivity contribution in [3.63, 3.8) is 0 Å². The molecule has 0 aromatic heterocycles. The molecular weight excluding hydrogens is 152 g/mol. The number of carbonyl (C=O) groups excluding carboxylic acids is 1. The predicted octanol–water partition coefficient (Wildman–Crippen LogP) is 0.772. The molecular formula is C7H11F2NO. The summed E-state index contributed by atoms with van der Waals surface area (Å²) in [4.78, 5) is 11.8. The SMILES string of the molecule is CN1CCC(C(F)(F)C=O)C1. The third-order valence-electron chi connectivity index (χ3n) is 2.09. The number of rotatable bonds is 2. The first kappa shape index (κ1) is 8.59. The lowest BCUT2D eigenvalue weighted by molar-refractivity contribution is -0.136. The van der Waals surface area contributed by atoms with Crippen LogP contribution in [0.2, 0.25) is 0 Å². The van der Waals surface area contributed by atoms with Gasteiger partial charge < -0.3 is 4.90 Å². The maximum Gasteiger partial charge on any atom is 0.306 e. The van der Waals surface area contributed by atoms with Gasteiger partial charge >= 0.3 is 5.92 Å². The van der Waals surface area contributed by atoms with Crippen molar-refractivity contribution in [2.75, 3.05) is 20.1 Å². The smallest absolute Gasteiger partial charge is 0.306 e. The Kier molecular flexibility index (Phi) is 2.23. The van der Waals surface area contributed by atoms with E-state index in [2.05, 4.69) is 0 Å². The summed E-state index contributed by atoms with van der Waals surface area (Å²) in [6, 6.07) is 0. The maximum absolute atomic E-state index is 12.6. The van der Waals surface area contributed by atoms with Crippen LogP contribution in [0.3, 0.4) is 0 Å². The van der Waals surface area contributed by atoms with Crippen LogP contribution in [0.5, 0.6) is 0 Å². The molecule has 1 rings (SSSR count). The zero-order chi connectivity index (χ0) is 8.48. The first-order valence-corrected chi connectivity index (χ1v) is 3.59. The van der Waals surface area contributed by atoms with E-state index in [0.717, 1.165) is 0 Å². The lowest BCUT2D eigenvalue weighted by Crippen LogP contribution is -2.31. The van der Waals surface area contributed by atoms with Crippen LogP contribution >= 0.6 is 0 Å². The van der Waals surface area contributed by atoms with Gasteiger partial charge in [-0.05, 0) is 20.0 Å². The number of likely N-dealkylation sites (tertiary alicyclic amines) is 1. The van der Waals surface area contributed by atoms with Crippen LogP contribution in [0.25, 0.3) is 0 Å². The first-order chi connectivity index (χ1) is 5.06. The van der Waals surface area contributed by atoms with Gasteiger partial charge in [-0.1, -0.05) is 0 Å². The fourth-order valence-corrected chi connectivity index (χ4v) is 1.35. The Labute approximate surface area is 64.2 Å². The predicted molar refractivity (Wildman–Crippen MR) is 36.6 cm³/mol. The minimum absolute atomic E-state index is 0.239. The fourth-order valence-electron chi connectivity index (χ4n) is 1.35. The van der Waals surface area contributed by atoms with E-state index in [4.69, 9.17) is 0 Å². The molecule has 0 aromatic carbocycles. The third-order valence-corrected chi connectivity index (χ3v) is 2.09. The number of hydrogen-bond acceptors (Lipinski definition) is 2. The Morgan fingerprint density at radius 3 is 2.64 bits per heavy atom. The highest BCUT2D eigenvalue weighted by Crippen LogP contribution is 2.29. The van der Waals surface area contributed by atoms with E-state index in [9.17, 15) is 13.6 Å². The van der Waals surface area contributed by atoms with E-state index < -0.39 is 11.8 Å². The van der Waals surface area contributed by atoms with Gasteiger partial charge in [0.2, 0.25) is 0 Å². The van der Waals surface area contributed by atoms with Crippen molar-refractivity contribution in [3.05, 3.63) is 0 Å². The average molecular weight is 163 g/mol. The quantitative estimate of drug-likeness (QED) is 0.560. The van der Waals surface area contributed by atoms with Gasteiger partial charge in [0, 0.05) is 12.5 Å². The number of aldehydes is 1. The van der Waals surface area contributed by atoms with Gasteiger partial charge in [-0.25, -0.2) is 0 Å². The Morgan fingerprint density at radius 1 is 1.64 bits per heavy atom. The van der Waals surface area contributed by atoms with Gasteiger partial charge in [-0.15, -0.1) is 0 Å². The Morgan fingerprint density at radius 2 is 2.27 bits per heavy atom. The molecule has 1 aliphatic heterocycles. The molecule has 0 aromatic rings. The number of alkyl halides is 2. The summed E-state index contributed by atoms with van der Waals surface area (Å²) in [5, 5.41) is 0. The van der Waals surface area contributed by atoms with Gasteiger partial charge in [0.1, 0.15) is 0 Å². The molecule has 64 valence electrons. The van der Waals surface area contributed by atoms with Crippen LogP contribution in [0, 0.1) is 5.92 Å². The van der Waals surface area contributed by atoms with Crippen LogP contribution < -0.4 is 0 Å². The second-order valence-electron chi connectivity index (χ2n) is 3.04. The van der Waals surface area contributed by atoms with Crippen molar-refractivity contribution < 1.29 is 13.6 Å². The van der Waals surface area contributed by atoms with E-state index in [1.807, 2.05) is 4.90 Å². The van der Waals surface area contributed by atoms with Gasteiger partial charge in [-0.3, -0.25) is 4.79 Å². The van der Waals surface area contributed by atoms with E-state index in [1.54, 1.807) is 7.05 Å². The monoisotopic (exact) mass is 163 g/mol. The Bertz CT molecular complexity index is 161. The van der Waals surface area contributed by atoms with Crippen molar-refractivity contribution in [3.8, 4) is 0 Å². The molecule has 0 saturated carbocycles. The van der Waals surface area contributed by atoms with E-state index in [0.29, 0.717) is 19.5 Å². The maximum atomic E-state index is 12.6. The van der Waals surface area contributed by atoms with Crippen molar-refractivity contribution >= 4 is 6.29 Å². The van der Waals surface area contributed by atoms with Gasteiger partial charge in [-0.2, -0.15) is 8.78 Å². The highest BCUT2D eigenvalue weighted by Gasteiger charge is 2.42.